The summed E-state index contributed by atoms with van der Waals surface area (Å²) in [6, 6.07) is 5.97. The molecule has 244 valence electrons. The highest BCUT2D eigenvalue weighted by Crippen LogP contribution is 2.20. The minimum atomic E-state index is -0.968. The van der Waals surface area contributed by atoms with E-state index < -0.39 is 41.1 Å². The summed E-state index contributed by atoms with van der Waals surface area (Å²) in [5.74, 6) is -1.05. The van der Waals surface area contributed by atoms with Crippen molar-refractivity contribution in [1.82, 2.24) is 15.1 Å². The molecule has 1 saturated heterocycles. The second-order valence-electron chi connectivity index (χ2n) is 14.0. The number of urea groups is 1. The van der Waals surface area contributed by atoms with Crippen molar-refractivity contribution >= 4 is 18.0 Å². The van der Waals surface area contributed by atoms with Crippen LogP contribution in [0.3, 0.4) is 0 Å². The summed E-state index contributed by atoms with van der Waals surface area (Å²) in [5.41, 5.74) is 5.02. The molecule has 0 unspecified atom stereocenters. The Morgan fingerprint density at radius 1 is 0.907 bits per heavy atom. The van der Waals surface area contributed by atoms with Gasteiger partial charge in [0.25, 0.3) is 0 Å². The van der Waals surface area contributed by atoms with Gasteiger partial charge in [-0.15, -0.1) is 0 Å². The third-order valence-corrected chi connectivity index (χ3v) is 6.32. The van der Waals surface area contributed by atoms with E-state index >= 15 is 0 Å². The normalized spacial score (nSPS) is 16.1. The predicted octanol–water partition coefficient (Wildman–Crippen LogP) is 3.38. The molecular weight excluding hydrogens is 552 g/mol. The number of nitrogens with two attached hydrogens (primary N) is 1. The highest BCUT2D eigenvalue weighted by atomic mass is 16.6. The third kappa shape index (κ3) is 14.4. The summed E-state index contributed by atoms with van der Waals surface area (Å²) in [5, 5.41) is 2.89. The topological polar surface area (TPSA) is 133 Å². The monoisotopic (exact) mass is 606 g/mol. The molecule has 11 heteroatoms. The number of ether oxygens (including phenoxy) is 4. The lowest BCUT2D eigenvalue weighted by molar-refractivity contribution is -0.160. The molecule has 3 N–H and O–H groups in total. The number of rotatable bonds is 12. The van der Waals surface area contributed by atoms with Gasteiger partial charge in [0.1, 0.15) is 28.6 Å². The van der Waals surface area contributed by atoms with Crippen LogP contribution in [0.4, 0.5) is 4.79 Å². The maximum atomic E-state index is 13.8. The van der Waals surface area contributed by atoms with E-state index in [1.165, 1.54) is 4.90 Å². The van der Waals surface area contributed by atoms with Crippen molar-refractivity contribution in [3.8, 4) is 5.75 Å². The van der Waals surface area contributed by atoms with Crippen molar-refractivity contribution in [1.29, 1.82) is 0 Å². The number of carbonyl (C=O) groups is 3. The van der Waals surface area contributed by atoms with E-state index in [1.54, 1.807) is 41.5 Å². The quantitative estimate of drug-likeness (QED) is 0.344. The Kier molecular flexibility index (Phi) is 13.3. The molecule has 0 aliphatic carbocycles. The van der Waals surface area contributed by atoms with Gasteiger partial charge in [-0.25, -0.2) is 9.59 Å². The first-order valence-electron chi connectivity index (χ1n) is 15.1. The fraction of sp³-hybridized carbons (Fsp3) is 0.719. The Hall–Kier alpha value is -2.89. The highest BCUT2D eigenvalue weighted by Gasteiger charge is 2.32. The number of morpholine rings is 1. The van der Waals surface area contributed by atoms with Crippen molar-refractivity contribution < 1.29 is 33.3 Å². The Morgan fingerprint density at radius 3 is 1.98 bits per heavy atom. The molecule has 0 radical (unpaired) electrons. The second kappa shape index (κ2) is 15.7. The van der Waals surface area contributed by atoms with Crippen LogP contribution in [0.25, 0.3) is 0 Å². The summed E-state index contributed by atoms with van der Waals surface area (Å²) in [6.07, 6.45) is 0.208. The Bertz CT molecular complexity index is 1040. The van der Waals surface area contributed by atoms with Crippen LogP contribution in [0.1, 0.15) is 67.9 Å². The van der Waals surface area contributed by atoms with E-state index in [-0.39, 0.29) is 25.1 Å². The van der Waals surface area contributed by atoms with Crippen molar-refractivity contribution in [2.45, 2.75) is 91.6 Å². The molecule has 11 nitrogen and oxygen atoms in total. The fourth-order valence-corrected chi connectivity index (χ4v) is 4.35. The number of nitrogens with one attached hydrogen (secondary N) is 1. The standard InChI is InChI=1S/C32H54N4O7/c1-30(2,3)41-25-12-10-23(11-13-25)20-26(28(38)43-32(7,8)9)34-29(39)36(15-14-35-16-18-40-19-17-35)22-24(21-33)27(37)42-31(4,5)6/h10-13,24,26H,14-22,33H2,1-9H3,(H,34,39)/t24-,26+/m1/s1. The number of amides is 2. The number of benzene rings is 1. The molecule has 0 bridgehead atoms. The molecule has 2 amide bonds. The molecule has 1 aliphatic heterocycles. The van der Waals surface area contributed by atoms with E-state index in [9.17, 15) is 14.4 Å². The third-order valence-electron chi connectivity index (χ3n) is 6.32. The van der Waals surface area contributed by atoms with Crippen LogP contribution in [0, 0.1) is 5.92 Å². The molecule has 0 saturated carbocycles. The van der Waals surface area contributed by atoms with Gasteiger partial charge in [0, 0.05) is 45.7 Å². The predicted molar refractivity (Wildman–Crippen MR) is 166 cm³/mol. The number of hydrogen-bond donors (Lipinski definition) is 2. The largest absolute Gasteiger partial charge is 0.488 e. The maximum absolute atomic E-state index is 13.8. The summed E-state index contributed by atoms with van der Waals surface area (Å²) < 4.78 is 22.6. The van der Waals surface area contributed by atoms with Gasteiger partial charge in [-0.3, -0.25) is 9.69 Å². The first-order valence-corrected chi connectivity index (χ1v) is 15.1. The van der Waals surface area contributed by atoms with Crippen molar-refractivity contribution in [3.05, 3.63) is 29.8 Å². The van der Waals surface area contributed by atoms with Gasteiger partial charge in [-0.1, -0.05) is 12.1 Å². The van der Waals surface area contributed by atoms with E-state index in [1.807, 2.05) is 45.0 Å². The first kappa shape index (κ1) is 36.3. The van der Waals surface area contributed by atoms with Gasteiger partial charge in [-0.05, 0) is 80.0 Å². The van der Waals surface area contributed by atoms with Gasteiger partial charge >= 0.3 is 18.0 Å². The molecule has 2 rings (SSSR count). The van der Waals surface area contributed by atoms with Crippen molar-refractivity contribution in [2.75, 3.05) is 52.5 Å². The van der Waals surface area contributed by atoms with Gasteiger partial charge < -0.3 is 34.9 Å². The van der Waals surface area contributed by atoms with Crippen LogP contribution in [-0.2, 0) is 30.2 Å². The average molecular weight is 607 g/mol. The SMILES string of the molecule is CC(C)(C)OC(=O)[C@H](CN)CN(CCN1CCOCC1)C(=O)N[C@@H](Cc1ccc(OC(C)(C)C)cc1)C(=O)OC(C)(C)C. The van der Waals surface area contributed by atoms with Gasteiger partial charge in [0.05, 0.1) is 19.1 Å². The van der Waals surface area contributed by atoms with Crippen LogP contribution in [-0.4, -0.2) is 103 Å². The molecule has 2 atom stereocenters. The number of hydrogen-bond acceptors (Lipinski definition) is 9. The summed E-state index contributed by atoms with van der Waals surface area (Å²) in [6.45, 7) is 20.3. The van der Waals surface area contributed by atoms with Crippen molar-refractivity contribution in [2.24, 2.45) is 11.7 Å². The van der Waals surface area contributed by atoms with Gasteiger partial charge in [0.15, 0.2) is 0 Å². The maximum Gasteiger partial charge on any atom is 0.329 e. The van der Waals surface area contributed by atoms with Crippen LogP contribution < -0.4 is 15.8 Å². The summed E-state index contributed by atoms with van der Waals surface area (Å²) in [7, 11) is 0. The van der Waals surface area contributed by atoms with Gasteiger partial charge in [-0.2, -0.15) is 0 Å². The molecule has 43 heavy (non-hydrogen) atoms. The Morgan fingerprint density at radius 2 is 1.47 bits per heavy atom. The first-order chi connectivity index (χ1) is 19.8. The molecule has 1 aromatic rings. The number of esters is 2. The lowest BCUT2D eigenvalue weighted by Gasteiger charge is -2.33. The Balaban J connectivity index is 2.27. The number of carbonyl (C=O) groups excluding carboxylic acids is 3. The zero-order valence-corrected chi connectivity index (χ0v) is 27.7. The highest BCUT2D eigenvalue weighted by molar-refractivity contribution is 5.84. The van der Waals surface area contributed by atoms with Crippen LogP contribution in [0.15, 0.2) is 24.3 Å². The molecular formula is C32H54N4O7. The Labute approximate surface area is 257 Å². The summed E-state index contributed by atoms with van der Waals surface area (Å²) in [4.78, 5) is 43.8. The summed E-state index contributed by atoms with van der Waals surface area (Å²) >= 11 is 0. The average Bonchev–Trinajstić information content (AvgIpc) is 2.87. The van der Waals surface area contributed by atoms with E-state index in [4.69, 9.17) is 24.7 Å². The van der Waals surface area contributed by atoms with E-state index in [0.29, 0.717) is 32.1 Å². The molecule has 1 aliphatic rings. The molecule has 0 aromatic heterocycles. The van der Waals surface area contributed by atoms with Crippen LogP contribution in [0.5, 0.6) is 5.75 Å². The van der Waals surface area contributed by atoms with E-state index in [0.717, 1.165) is 18.7 Å². The molecule has 1 aromatic carbocycles. The minimum absolute atomic E-state index is 0.00866. The molecule has 1 fully saturated rings. The van der Waals surface area contributed by atoms with Gasteiger partial charge in [0.2, 0.25) is 0 Å². The van der Waals surface area contributed by atoms with Crippen LogP contribution in [0.2, 0.25) is 0 Å². The smallest absolute Gasteiger partial charge is 0.329 e. The molecule has 0 spiro atoms. The zero-order chi connectivity index (χ0) is 32.4. The molecule has 1 heterocycles. The van der Waals surface area contributed by atoms with Crippen LogP contribution >= 0.6 is 0 Å². The van der Waals surface area contributed by atoms with Crippen molar-refractivity contribution in [3.63, 3.8) is 0 Å². The van der Waals surface area contributed by atoms with E-state index in [2.05, 4.69) is 10.2 Å². The fourth-order valence-electron chi connectivity index (χ4n) is 4.35. The second-order valence-corrected chi connectivity index (χ2v) is 14.0. The lowest BCUT2D eigenvalue weighted by atomic mass is 10.0. The minimum Gasteiger partial charge on any atom is -0.488 e. The lowest BCUT2D eigenvalue weighted by Crippen LogP contribution is -2.54. The zero-order valence-electron chi connectivity index (χ0n) is 27.7. The number of nitrogens with zero attached hydrogens (tertiary/aromatic N) is 2.